The van der Waals surface area contributed by atoms with E-state index >= 15 is 0 Å². The molecule has 2 aromatic carbocycles. The van der Waals surface area contributed by atoms with Crippen LogP contribution in [0.2, 0.25) is 13.1 Å². The van der Waals surface area contributed by atoms with Gasteiger partial charge in [-0.2, -0.15) is 13.2 Å². The molecule has 0 heterocycles. The zero-order chi connectivity index (χ0) is 19.6. The molecule has 0 saturated carbocycles. The molecular formula is C23H23F3Si. The Hall–Kier alpha value is -2.07. The average molecular weight is 385 g/mol. The molecule has 2 atom stereocenters. The predicted molar refractivity (Wildman–Crippen MR) is 108 cm³/mol. The third kappa shape index (κ3) is 2.73. The van der Waals surface area contributed by atoms with E-state index in [1.165, 1.54) is 22.8 Å². The summed E-state index contributed by atoms with van der Waals surface area (Å²) >= 11 is 0. The fourth-order valence-corrected chi connectivity index (χ4v) is 10.4. The molecule has 140 valence electrons. The zero-order valence-electron chi connectivity index (χ0n) is 16.0. The molecule has 0 radical (unpaired) electrons. The van der Waals surface area contributed by atoms with Crippen molar-refractivity contribution in [2.75, 3.05) is 0 Å². The summed E-state index contributed by atoms with van der Waals surface area (Å²) in [6.07, 6.45) is -0.300. The highest BCUT2D eigenvalue weighted by molar-refractivity contribution is 6.81. The van der Waals surface area contributed by atoms with Crippen molar-refractivity contribution < 1.29 is 13.2 Å². The van der Waals surface area contributed by atoms with E-state index in [-0.39, 0.29) is 5.54 Å². The first kappa shape index (κ1) is 18.3. The summed E-state index contributed by atoms with van der Waals surface area (Å²) in [7, 11) is -2.05. The quantitative estimate of drug-likeness (QED) is 0.481. The first-order valence-corrected chi connectivity index (χ1v) is 12.4. The standard InChI is InChI=1S/C23H23F3Si/c1-14-12-16-8-5-6-9-17(16)21(14)27(3,4)22-15(2)13-19-18(22)10-7-11-20(19)23(24,25)26/h5-13,21-22H,1-4H3. The fraction of sp³-hybridized carbons (Fsp3) is 0.304. The van der Waals surface area contributed by atoms with Gasteiger partial charge in [0, 0.05) is 11.1 Å². The first-order chi connectivity index (χ1) is 12.6. The van der Waals surface area contributed by atoms with Crippen molar-refractivity contribution in [3.05, 3.63) is 81.4 Å². The summed E-state index contributed by atoms with van der Waals surface area (Å²) in [4.78, 5) is 0. The highest BCUT2D eigenvalue weighted by Gasteiger charge is 2.48. The monoisotopic (exact) mass is 384 g/mol. The third-order valence-electron chi connectivity index (χ3n) is 6.22. The van der Waals surface area contributed by atoms with Crippen LogP contribution in [0.3, 0.4) is 0 Å². The Morgan fingerprint density at radius 1 is 0.778 bits per heavy atom. The second kappa shape index (κ2) is 5.96. The van der Waals surface area contributed by atoms with Crippen LogP contribution in [-0.2, 0) is 6.18 Å². The summed E-state index contributed by atoms with van der Waals surface area (Å²) in [5, 5.41) is 0. The number of alkyl halides is 3. The van der Waals surface area contributed by atoms with E-state index in [1.54, 1.807) is 12.1 Å². The molecule has 0 bridgehead atoms. The summed E-state index contributed by atoms with van der Waals surface area (Å²) in [5.41, 5.74) is 6.13. The van der Waals surface area contributed by atoms with Gasteiger partial charge in [-0.05, 0) is 42.2 Å². The summed E-state index contributed by atoms with van der Waals surface area (Å²) in [6.45, 7) is 8.82. The van der Waals surface area contributed by atoms with Gasteiger partial charge in [-0.1, -0.05) is 72.8 Å². The lowest BCUT2D eigenvalue weighted by molar-refractivity contribution is -0.137. The smallest absolute Gasteiger partial charge is 0.166 e. The average Bonchev–Trinajstić information content (AvgIpc) is 3.09. The van der Waals surface area contributed by atoms with Crippen LogP contribution in [0.5, 0.6) is 0 Å². The van der Waals surface area contributed by atoms with Crippen LogP contribution in [0.15, 0.2) is 53.6 Å². The van der Waals surface area contributed by atoms with Gasteiger partial charge >= 0.3 is 6.18 Å². The minimum absolute atomic E-state index is 0.0920. The van der Waals surface area contributed by atoms with Crippen molar-refractivity contribution >= 4 is 20.2 Å². The normalized spacial score (nSPS) is 21.6. The van der Waals surface area contributed by atoms with Crippen molar-refractivity contribution in [3.63, 3.8) is 0 Å². The molecule has 0 saturated heterocycles. The van der Waals surface area contributed by atoms with E-state index in [9.17, 15) is 13.2 Å². The van der Waals surface area contributed by atoms with Crippen LogP contribution >= 0.6 is 0 Å². The number of hydrogen-bond donors (Lipinski definition) is 0. The Kier molecular flexibility index (Phi) is 4.04. The Balaban J connectivity index is 1.85. The Labute approximate surface area is 159 Å². The van der Waals surface area contributed by atoms with E-state index < -0.39 is 19.8 Å². The second-order valence-electron chi connectivity index (χ2n) is 8.40. The molecule has 0 N–H and O–H groups in total. The lowest BCUT2D eigenvalue weighted by Gasteiger charge is -2.39. The molecule has 27 heavy (non-hydrogen) atoms. The van der Waals surface area contributed by atoms with Crippen LogP contribution in [0.25, 0.3) is 12.2 Å². The molecule has 0 nitrogen and oxygen atoms in total. The molecular weight excluding hydrogens is 361 g/mol. The lowest BCUT2D eigenvalue weighted by Crippen LogP contribution is -2.42. The highest BCUT2D eigenvalue weighted by Crippen LogP contribution is 2.53. The van der Waals surface area contributed by atoms with E-state index in [2.05, 4.69) is 44.3 Å². The maximum absolute atomic E-state index is 13.5. The molecule has 0 fully saturated rings. The van der Waals surface area contributed by atoms with Crippen molar-refractivity contribution in [2.24, 2.45) is 0 Å². The largest absolute Gasteiger partial charge is 0.416 e. The van der Waals surface area contributed by atoms with E-state index in [1.807, 2.05) is 19.1 Å². The number of allylic oxidation sites excluding steroid dienone is 2. The maximum atomic E-state index is 13.5. The molecule has 4 rings (SSSR count). The topological polar surface area (TPSA) is 0 Å². The minimum Gasteiger partial charge on any atom is -0.166 e. The van der Waals surface area contributed by atoms with Gasteiger partial charge in [0.25, 0.3) is 0 Å². The Morgan fingerprint density at radius 3 is 2.07 bits per heavy atom. The Morgan fingerprint density at radius 2 is 1.37 bits per heavy atom. The molecule has 0 spiro atoms. The molecule has 0 amide bonds. The molecule has 2 aliphatic carbocycles. The van der Waals surface area contributed by atoms with Gasteiger partial charge in [0.15, 0.2) is 0 Å². The van der Waals surface area contributed by atoms with Crippen molar-refractivity contribution in [3.8, 4) is 0 Å². The predicted octanol–water partition coefficient (Wildman–Crippen LogP) is 7.19. The Bertz CT molecular complexity index is 979. The molecule has 2 aromatic rings. The lowest BCUT2D eigenvalue weighted by atomic mass is 10.0. The van der Waals surface area contributed by atoms with E-state index in [0.29, 0.717) is 11.1 Å². The molecule has 0 aliphatic heterocycles. The number of benzene rings is 2. The molecule has 0 aromatic heterocycles. The minimum atomic E-state index is -4.32. The van der Waals surface area contributed by atoms with Crippen LogP contribution < -0.4 is 0 Å². The number of rotatable bonds is 2. The highest BCUT2D eigenvalue weighted by atomic mass is 28.3. The molecule has 2 aliphatic rings. The van der Waals surface area contributed by atoms with Crippen molar-refractivity contribution in [2.45, 2.75) is 44.2 Å². The van der Waals surface area contributed by atoms with Gasteiger partial charge < -0.3 is 0 Å². The number of halogens is 3. The van der Waals surface area contributed by atoms with Gasteiger partial charge in [-0.15, -0.1) is 0 Å². The summed E-state index contributed by atoms with van der Waals surface area (Å²) in [5.74, 6) is 0. The van der Waals surface area contributed by atoms with Crippen LogP contribution in [0.1, 0.15) is 52.7 Å². The van der Waals surface area contributed by atoms with E-state index in [4.69, 9.17) is 0 Å². The fourth-order valence-electron chi connectivity index (χ4n) is 5.42. The van der Waals surface area contributed by atoms with Gasteiger partial charge in [0.1, 0.15) is 0 Å². The maximum Gasteiger partial charge on any atom is 0.416 e. The van der Waals surface area contributed by atoms with Crippen LogP contribution in [0.4, 0.5) is 13.2 Å². The van der Waals surface area contributed by atoms with Gasteiger partial charge in [0.2, 0.25) is 0 Å². The van der Waals surface area contributed by atoms with Gasteiger partial charge in [-0.3, -0.25) is 0 Å². The van der Waals surface area contributed by atoms with Crippen molar-refractivity contribution in [1.29, 1.82) is 0 Å². The second-order valence-corrected chi connectivity index (χ2v) is 13.2. The zero-order valence-corrected chi connectivity index (χ0v) is 17.0. The van der Waals surface area contributed by atoms with Crippen molar-refractivity contribution in [1.82, 2.24) is 0 Å². The number of hydrogen-bond acceptors (Lipinski definition) is 0. The molecule has 2 unspecified atom stereocenters. The van der Waals surface area contributed by atoms with Crippen LogP contribution in [0, 0.1) is 0 Å². The third-order valence-corrected chi connectivity index (χ3v) is 10.7. The SMILES string of the molecule is CC1=Cc2ccccc2C1[Si](C)(C)C1C(C)=Cc2c1cccc2C(F)(F)F. The van der Waals surface area contributed by atoms with Gasteiger partial charge in [0.05, 0.1) is 13.6 Å². The van der Waals surface area contributed by atoms with Crippen LogP contribution in [-0.4, -0.2) is 8.07 Å². The first-order valence-electron chi connectivity index (χ1n) is 9.28. The van der Waals surface area contributed by atoms with Gasteiger partial charge in [-0.25, -0.2) is 0 Å². The summed E-state index contributed by atoms with van der Waals surface area (Å²) < 4.78 is 40.6. The summed E-state index contributed by atoms with van der Waals surface area (Å²) in [6, 6.07) is 13.1. The van der Waals surface area contributed by atoms with E-state index in [0.717, 1.165) is 11.1 Å². The molecule has 4 heteroatoms. The number of fused-ring (bicyclic) bond motifs is 2.